The van der Waals surface area contributed by atoms with Crippen LogP contribution in [0.2, 0.25) is 0 Å². The van der Waals surface area contributed by atoms with E-state index in [1.807, 2.05) is 30.3 Å². The van der Waals surface area contributed by atoms with Gasteiger partial charge in [0.1, 0.15) is 17.2 Å². The van der Waals surface area contributed by atoms with Gasteiger partial charge >= 0.3 is 6.61 Å². The van der Waals surface area contributed by atoms with E-state index in [4.69, 9.17) is 9.47 Å². The molecular weight excluding hydrogens is 495 g/mol. The number of guanidine groups is 1. The van der Waals surface area contributed by atoms with Crippen LogP contribution in [0.4, 0.5) is 8.78 Å². The highest BCUT2D eigenvalue weighted by molar-refractivity contribution is 14.0. The summed E-state index contributed by atoms with van der Waals surface area (Å²) in [6.45, 7) is -1.44. The van der Waals surface area contributed by atoms with Crippen molar-refractivity contribution in [2.24, 2.45) is 4.99 Å². The molecule has 0 atom stereocenters. The number of para-hydroxylation sites is 1. The van der Waals surface area contributed by atoms with Gasteiger partial charge in [0, 0.05) is 25.7 Å². The highest BCUT2D eigenvalue weighted by Crippen LogP contribution is 2.25. The van der Waals surface area contributed by atoms with Crippen molar-refractivity contribution in [1.82, 2.24) is 10.6 Å². The van der Waals surface area contributed by atoms with Crippen molar-refractivity contribution in [3.63, 3.8) is 0 Å². The molecule has 9 heteroatoms. The first kappa shape index (κ1) is 24.7. The van der Waals surface area contributed by atoms with Crippen LogP contribution in [-0.4, -0.2) is 39.9 Å². The third-order valence-corrected chi connectivity index (χ3v) is 3.78. The number of rotatable bonds is 10. The van der Waals surface area contributed by atoms with Crippen LogP contribution in [0.1, 0.15) is 12.0 Å². The summed E-state index contributed by atoms with van der Waals surface area (Å²) in [5.41, 5.74) is 0.537. The molecule has 0 unspecified atom stereocenters. The molecule has 0 fully saturated rings. The fraction of sp³-hybridized carbons (Fsp3) is 0.350. The molecule has 0 aliphatic rings. The molecule has 0 aliphatic carbocycles. The monoisotopic (exact) mass is 521 g/mol. The molecule has 0 saturated heterocycles. The predicted octanol–water partition coefficient (Wildman–Crippen LogP) is 4.05. The van der Waals surface area contributed by atoms with E-state index in [0.717, 1.165) is 12.2 Å². The Morgan fingerprint density at radius 3 is 2.48 bits per heavy atom. The van der Waals surface area contributed by atoms with Crippen LogP contribution >= 0.6 is 24.0 Å². The summed E-state index contributed by atoms with van der Waals surface area (Å²) < 4.78 is 40.5. The Bertz CT molecular complexity index is 749. The summed E-state index contributed by atoms with van der Waals surface area (Å²) in [6.07, 6.45) is 0.772. The Balaban J connectivity index is 0.00000420. The number of methoxy groups -OCH3 is 1. The lowest BCUT2D eigenvalue weighted by Gasteiger charge is -2.15. The predicted molar refractivity (Wildman–Crippen MR) is 120 cm³/mol. The zero-order chi connectivity index (χ0) is 20.2. The average Bonchev–Trinajstić information content (AvgIpc) is 2.71. The van der Waals surface area contributed by atoms with Gasteiger partial charge in [0.15, 0.2) is 5.96 Å². The van der Waals surface area contributed by atoms with Crippen molar-refractivity contribution in [2.75, 3.05) is 27.3 Å². The largest absolute Gasteiger partial charge is 0.497 e. The summed E-state index contributed by atoms with van der Waals surface area (Å²) in [6, 6.07) is 14.3. The lowest BCUT2D eigenvalue weighted by molar-refractivity contribution is -0.0504. The second-order valence-electron chi connectivity index (χ2n) is 5.72. The maximum Gasteiger partial charge on any atom is 0.387 e. The SMILES string of the molecule is CN=C(NCCCOc1ccccc1)NCc1cc(OC)ccc1OC(F)F.I. The van der Waals surface area contributed by atoms with Gasteiger partial charge in [-0.25, -0.2) is 0 Å². The van der Waals surface area contributed by atoms with Crippen LogP contribution < -0.4 is 24.8 Å². The number of nitrogens with one attached hydrogen (secondary N) is 2. The first-order valence-corrected chi connectivity index (χ1v) is 8.86. The minimum Gasteiger partial charge on any atom is -0.497 e. The molecule has 0 bridgehead atoms. The van der Waals surface area contributed by atoms with Gasteiger partial charge < -0.3 is 24.8 Å². The van der Waals surface area contributed by atoms with Crippen LogP contribution in [0.25, 0.3) is 0 Å². The van der Waals surface area contributed by atoms with Gasteiger partial charge in [-0.15, -0.1) is 24.0 Å². The van der Waals surface area contributed by atoms with Gasteiger partial charge in [0.25, 0.3) is 0 Å². The van der Waals surface area contributed by atoms with Gasteiger partial charge in [0.2, 0.25) is 0 Å². The quantitative estimate of drug-likeness (QED) is 0.214. The molecule has 0 saturated carbocycles. The fourth-order valence-corrected chi connectivity index (χ4v) is 2.42. The molecule has 0 aromatic heterocycles. The van der Waals surface area contributed by atoms with Crippen LogP contribution in [-0.2, 0) is 6.54 Å². The van der Waals surface area contributed by atoms with E-state index in [2.05, 4.69) is 20.4 Å². The van der Waals surface area contributed by atoms with Crippen molar-refractivity contribution in [2.45, 2.75) is 19.6 Å². The smallest absolute Gasteiger partial charge is 0.387 e. The van der Waals surface area contributed by atoms with Crippen LogP contribution in [0, 0.1) is 0 Å². The van der Waals surface area contributed by atoms with Crippen LogP contribution in [0.5, 0.6) is 17.2 Å². The second kappa shape index (κ2) is 13.8. The number of halogens is 3. The molecule has 29 heavy (non-hydrogen) atoms. The standard InChI is InChI=1S/C20H25F2N3O3.HI/c1-23-20(24-11-6-12-27-16-7-4-3-5-8-16)25-14-15-13-17(26-2)9-10-18(15)28-19(21)22;/h3-5,7-10,13,19H,6,11-12,14H2,1-2H3,(H2,23,24,25);1H. The minimum absolute atomic E-state index is 0. The van der Waals surface area contributed by atoms with Gasteiger partial charge in [-0.05, 0) is 36.8 Å². The number of benzene rings is 2. The molecular formula is C20H26F2IN3O3. The number of aliphatic imine (C=N–C) groups is 1. The van der Waals surface area contributed by atoms with E-state index in [-0.39, 0.29) is 36.3 Å². The number of nitrogens with zero attached hydrogens (tertiary/aromatic N) is 1. The number of hydrogen-bond acceptors (Lipinski definition) is 4. The Kier molecular flexibility index (Phi) is 11.8. The molecule has 2 aromatic carbocycles. The number of alkyl halides is 2. The molecule has 2 rings (SSSR count). The maximum atomic E-state index is 12.6. The lowest BCUT2D eigenvalue weighted by atomic mass is 10.2. The van der Waals surface area contributed by atoms with E-state index in [0.29, 0.717) is 30.4 Å². The Labute approximate surface area is 186 Å². The summed E-state index contributed by atoms with van der Waals surface area (Å²) in [5, 5.41) is 6.23. The van der Waals surface area contributed by atoms with E-state index in [1.54, 1.807) is 19.2 Å². The molecule has 2 aromatic rings. The van der Waals surface area contributed by atoms with Crippen molar-refractivity contribution in [3.8, 4) is 17.2 Å². The average molecular weight is 521 g/mol. The normalized spacial score (nSPS) is 10.9. The van der Waals surface area contributed by atoms with Gasteiger partial charge in [-0.1, -0.05) is 18.2 Å². The molecule has 0 amide bonds. The Morgan fingerprint density at radius 2 is 1.83 bits per heavy atom. The van der Waals surface area contributed by atoms with Crippen molar-refractivity contribution < 1.29 is 23.0 Å². The molecule has 0 aliphatic heterocycles. The topological polar surface area (TPSA) is 64.1 Å². The third kappa shape index (κ3) is 9.16. The first-order chi connectivity index (χ1) is 13.6. The van der Waals surface area contributed by atoms with E-state index in [1.165, 1.54) is 13.2 Å². The first-order valence-electron chi connectivity index (χ1n) is 8.86. The maximum absolute atomic E-state index is 12.6. The summed E-state index contributed by atoms with van der Waals surface area (Å²) in [5.74, 6) is 2.02. The number of ether oxygens (including phenoxy) is 3. The van der Waals surface area contributed by atoms with Crippen molar-refractivity contribution in [1.29, 1.82) is 0 Å². The zero-order valence-corrected chi connectivity index (χ0v) is 18.7. The van der Waals surface area contributed by atoms with Gasteiger partial charge in [-0.2, -0.15) is 8.78 Å². The minimum atomic E-state index is -2.89. The lowest BCUT2D eigenvalue weighted by Crippen LogP contribution is -2.37. The summed E-state index contributed by atoms with van der Waals surface area (Å²) in [7, 11) is 3.15. The second-order valence-corrected chi connectivity index (χ2v) is 5.72. The molecule has 2 N–H and O–H groups in total. The number of hydrogen-bond donors (Lipinski definition) is 2. The van der Waals surface area contributed by atoms with E-state index in [9.17, 15) is 8.78 Å². The zero-order valence-electron chi connectivity index (χ0n) is 16.4. The molecule has 6 nitrogen and oxygen atoms in total. The molecule has 0 radical (unpaired) electrons. The Morgan fingerprint density at radius 1 is 1.07 bits per heavy atom. The fourth-order valence-electron chi connectivity index (χ4n) is 2.42. The van der Waals surface area contributed by atoms with Crippen LogP contribution in [0.15, 0.2) is 53.5 Å². The molecule has 160 valence electrons. The molecule has 0 spiro atoms. The summed E-state index contributed by atoms with van der Waals surface area (Å²) >= 11 is 0. The van der Waals surface area contributed by atoms with E-state index >= 15 is 0 Å². The van der Waals surface area contributed by atoms with Gasteiger partial charge in [-0.3, -0.25) is 4.99 Å². The highest BCUT2D eigenvalue weighted by atomic mass is 127. The Hall–Kier alpha value is -2.30. The van der Waals surface area contributed by atoms with Crippen LogP contribution in [0.3, 0.4) is 0 Å². The summed E-state index contributed by atoms with van der Waals surface area (Å²) in [4.78, 5) is 4.13. The highest BCUT2D eigenvalue weighted by Gasteiger charge is 2.11. The van der Waals surface area contributed by atoms with Gasteiger partial charge in [0.05, 0.1) is 13.7 Å². The van der Waals surface area contributed by atoms with Crippen molar-refractivity contribution in [3.05, 3.63) is 54.1 Å². The van der Waals surface area contributed by atoms with Crippen molar-refractivity contribution >= 4 is 29.9 Å². The van der Waals surface area contributed by atoms with E-state index < -0.39 is 6.61 Å². The molecule has 0 heterocycles. The third-order valence-electron chi connectivity index (χ3n) is 3.78.